The largest absolute Gasteiger partial charge is 0.376 e. The van der Waals surface area contributed by atoms with Crippen molar-refractivity contribution in [3.05, 3.63) is 20.8 Å². The standard InChI is InChI=1S/C13H20BrNOS/c14-12-5-13(17-9-12)8-16-7-11-4-2-1-3-10(11)6-15/h5,9-11H,1-4,6-8,15H2. The van der Waals surface area contributed by atoms with Crippen LogP contribution in [0.5, 0.6) is 0 Å². The highest BCUT2D eigenvalue weighted by molar-refractivity contribution is 9.10. The maximum atomic E-state index is 5.84. The number of hydrogen-bond donors (Lipinski definition) is 1. The fourth-order valence-corrected chi connectivity index (χ4v) is 3.94. The highest BCUT2D eigenvalue weighted by Crippen LogP contribution is 2.30. The van der Waals surface area contributed by atoms with Gasteiger partial charge in [-0.2, -0.15) is 0 Å². The molecule has 0 aliphatic heterocycles. The number of hydrogen-bond acceptors (Lipinski definition) is 3. The molecule has 0 radical (unpaired) electrons. The minimum absolute atomic E-state index is 0.678. The number of rotatable bonds is 5. The Balaban J connectivity index is 1.73. The Morgan fingerprint density at radius 3 is 2.76 bits per heavy atom. The maximum absolute atomic E-state index is 5.84. The van der Waals surface area contributed by atoms with Gasteiger partial charge in [0, 0.05) is 14.7 Å². The van der Waals surface area contributed by atoms with Crippen LogP contribution in [0, 0.1) is 11.8 Å². The molecule has 1 aliphatic carbocycles. The molecule has 96 valence electrons. The van der Waals surface area contributed by atoms with Gasteiger partial charge in [0.15, 0.2) is 0 Å². The van der Waals surface area contributed by atoms with E-state index in [0.29, 0.717) is 11.8 Å². The molecule has 1 aromatic rings. The van der Waals surface area contributed by atoms with Gasteiger partial charge in [0.1, 0.15) is 0 Å². The van der Waals surface area contributed by atoms with Gasteiger partial charge in [-0.05, 0) is 53.2 Å². The van der Waals surface area contributed by atoms with Gasteiger partial charge < -0.3 is 10.5 Å². The zero-order chi connectivity index (χ0) is 12.1. The molecule has 1 aromatic heterocycles. The predicted molar refractivity (Wildman–Crippen MR) is 76.2 cm³/mol. The van der Waals surface area contributed by atoms with E-state index in [9.17, 15) is 0 Å². The minimum Gasteiger partial charge on any atom is -0.376 e. The third-order valence-corrected chi connectivity index (χ3v) is 5.24. The fraction of sp³-hybridized carbons (Fsp3) is 0.692. The van der Waals surface area contributed by atoms with Crippen molar-refractivity contribution in [2.24, 2.45) is 17.6 Å². The van der Waals surface area contributed by atoms with Gasteiger partial charge in [-0.15, -0.1) is 11.3 Å². The van der Waals surface area contributed by atoms with Crippen LogP contribution in [0.25, 0.3) is 0 Å². The van der Waals surface area contributed by atoms with Crippen molar-refractivity contribution in [1.82, 2.24) is 0 Å². The highest BCUT2D eigenvalue weighted by atomic mass is 79.9. The first-order valence-corrected chi connectivity index (χ1v) is 7.97. The summed E-state index contributed by atoms with van der Waals surface area (Å²) in [6.07, 6.45) is 5.26. The van der Waals surface area contributed by atoms with Gasteiger partial charge in [0.25, 0.3) is 0 Å². The molecule has 17 heavy (non-hydrogen) atoms. The number of halogens is 1. The first kappa shape index (κ1) is 13.5. The maximum Gasteiger partial charge on any atom is 0.0809 e. The molecule has 0 spiro atoms. The van der Waals surface area contributed by atoms with Gasteiger partial charge in [-0.1, -0.05) is 12.8 Å². The van der Waals surface area contributed by atoms with Crippen LogP contribution in [0.2, 0.25) is 0 Å². The molecule has 0 saturated heterocycles. The first-order chi connectivity index (χ1) is 8.29. The third kappa shape index (κ3) is 4.05. The van der Waals surface area contributed by atoms with Crippen molar-refractivity contribution in [3.8, 4) is 0 Å². The Morgan fingerprint density at radius 2 is 2.12 bits per heavy atom. The minimum atomic E-state index is 0.678. The van der Waals surface area contributed by atoms with Crippen LogP contribution in [0.3, 0.4) is 0 Å². The Morgan fingerprint density at radius 1 is 1.35 bits per heavy atom. The molecule has 2 unspecified atom stereocenters. The van der Waals surface area contributed by atoms with Crippen molar-refractivity contribution in [1.29, 1.82) is 0 Å². The SMILES string of the molecule is NCC1CCCCC1COCc1cc(Br)cs1. The summed E-state index contributed by atoms with van der Waals surface area (Å²) in [6.45, 7) is 2.43. The van der Waals surface area contributed by atoms with Crippen LogP contribution in [0.1, 0.15) is 30.6 Å². The summed E-state index contributed by atoms with van der Waals surface area (Å²) in [6, 6.07) is 2.13. The second-order valence-electron chi connectivity index (χ2n) is 4.79. The molecule has 1 aliphatic rings. The van der Waals surface area contributed by atoms with E-state index in [1.165, 1.54) is 30.6 Å². The smallest absolute Gasteiger partial charge is 0.0809 e. The molecule has 1 fully saturated rings. The lowest BCUT2D eigenvalue weighted by atomic mass is 9.80. The zero-order valence-corrected chi connectivity index (χ0v) is 12.4. The lowest BCUT2D eigenvalue weighted by Gasteiger charge is -2.30. The van der Waals surface area contributed by atoms with E-state index >= 15 is 0 Å². The molecular formula is C13H20BrNOS. The summed E-state index contributed by atoms with van der Waals surface area (Å²) in [5.74, 6) is 1.36. The fourth-order valence-electron chi connectivity index (χ4n) is 2.55. The van der Waals surface area contributed by atoms with Crippen LogP contribution in [0.4, 0.5) is 0 Å². The molecule has 0 bridgehead atoms. The molecule has 2 rings (SSSR count). The average Bonchev–Trinajstić information content (AvgIpc) is 2.76. The molecule has 2 atom stereocenters. The monoisotopic (exact) mass is 317 g/mol. The summed E-state index contributed by atoms with van der Waals surface area (Å²) < 4.78 is 6.99. The average molecular weight is 318 g/mol. The van der Waals surface area contributed by atoms with Gasteiger partial charge in [-0.25, -0.2) is 0 Å². The van der Waals surface area contributed by atoms with E-state index in [0.717, 1.165) is 24.2 Å². The summed E-state index contributed by atoms with van der Waals surface area (Å²) in [5, 5.41) is 2.10. The lowest BCUT2D eigenvalue weighted by Crippen LogP contribution is -2.29. The number of thiophene rings is 1. The van der Waals surface area contributed by atoms with E-state index < -0.39 is 0 Å². The van der Waals surface area contributed by atoms with Crippen LogP contribution in [-0.4, -0.2) is 13.2 Å². The van der Waals surface area contributed by atoms with Crippen molar-refractivity contribution >= 4 is 27.3 Å². The zero-order valence-electron chi connectivity index (χ0n) is 10.0. The number of nitrogens with two attached hydrogens (primary N) is 1. The van der Waals surface area contributed by atoms with E-state index in [1.807, 2.05) is 0 Å². The Hall–Kier alpha value is 0.1000. The molecule has 1 heterocycles. The van der Waals surface area contributed by atoms with Crippen molar-refractivity contribution in [2.75, 3.05) is 13.2 Å². The van der Waals surface area contributed by atoms with E-state index in [-0.39, 0.29) is 0 Å². The second kappa shape index (κ2) is 6.88. The summed E-state index contributed by atoms with van der Waals surface area (Å²) >= 11 is 5.21. The van der Waals surface area contributed by atoms with Crippen LogP contribution >= 0.6 is 27.3 Å². The predicted octanol–water partition coefficient (Wildman–Crippen LogP) is 3.79. The Bertz CT molecular complexity index is 342. The van der Waals surface area contributed by atoms with Crippen molar-refractivity contribution < 1.29 is 4.74 Å². The molecule has 4 heteroatoms. The normalized spacial score (nSPS) is 25.1. The quantitative estimate of drug-likeness (QED) is 0.896. The summed E-state index contributed by atoms with van der Waals surface area (Å²) in [7, 11) is 0. The highest BCUT2D eigenvalue weighted by Gasteiger charge is 2.23. The number of ether oxygens (including phenoxy) is 1. The summed E-state index contributed by atoms with van der Waals surface area (Å²) in [4.78, 5) is 1.29. The van der Waals surface area contributed by atoms with Gasteiger partial charge in [0.2, 0.25) is 0 Å². The van der Waals surface area contributed by atoms with Crippen LogP contribution in [-0.2, 0) is 11.3 Å². The van der Waals surface area contributed by atoms with E-state index in [2.05, 4.69) is 27.4 Å². The molecular weight excluding hydrogens is 298 g/mol. The van der Waals surface area contributed by atoms with E-state index in [4.69, 9.17) is 10.5 Å². The molecule has 2 N–H and O–H groups in total. The molecule has 1 saturated carbocycles. The first-order valence-electron chi connectivity index (χ1n) is 6.30. The Labute approximate surface area is 116 Å². The van der Waals surface area contributed by atoms with Crippen molar-refractivity contribution in [3.63, 3.8) is 0 Å². The summed E-state index contributed by atoms with van der Waals surface area (Å²) in [5.41, 5.74) is 5.82. The van der Waals surface area contributed by atoms with Gasteiger partial charge in [0.05, 0.1) is 13.2 Å². The van der Waals surface area contributed by atoms with Crippen LogP contribution in [0.15, 0.2) is 15.9 Å². The van der Waals surface area contributed by atoms with E-state index in [1.54, 1.807) is 11.3 Å². The van der Waals surface area contributed by atoms with Crippen LogP contribution < -0.4 is 5.73 Å². The molecule has 2 nitrogen and oxygen atoms in total. The molecule has 0 amide bonds. The second-order valence-corrected chi connectivity index (χ2v) is 6.70. The molecule has 0 aromatic carbocycles. The van der Waals surface area contributed by atoms with Gasteiger partial charge >= 0.3 is 0 Å². The lowest BCUT2D eigenvalue weighted by molar-refractivity contribution is 0.0525. The Kier molecular flexibility index (Phi) is 5.48. The topological polar surface area (TPSA) is 35.2 Å². The third-order valence-electron chi connectivity index (χ3n) is 3.57. The van der Waals surface area contributed by atoms with Crippen molar-refractivity contribution in [2.45, 2.75) is 32.3 Å². The van der Waals surface area contributed by atoms with Gasteiger partial charge in [-0.3, -0.25) is 0 Å².